The van der Waals surface area contributed by atoms with E-state index in [1.807, 2.05) is 25.4 Å². The molecular weight excluding hydrogens is 366 g/mol. The van der Waals surface area contributed by atoms with Crippen molar-refractivity contribution < 1.29 is 9.59 Å². The SMILES string of the molecule is CN(Cc1cncc(-c2ccc3c(c2)CCC(=O)N3C)c1)C(=O)c1cnn(C)c1. The van der Waals surface area contributed by atoms with Gasteiger partial charge in [0.1, 0.15) is 0 Å². The standard InChI is InChI=1S/C22H23N5O2/c1-25(22(29)19-12-24-26(2)14-19)13-15-8-18(11-23-10-15)16-4-6-20-17(9-16)5-7-21(28)27(20)3/h4,6,8-12,14H,5,7,13H2,1-3H3. The third-order valence-electron chi connectivity index (χ3n) is 5.27. The molecule has 0 bridgehead atoms. The van der Waals surface area contributed by atoms with E-state index in [1.54, 1.807) is 47.2 Å². The summed E-state index contributed by atoms with van der Waals surface area (Å²) in [5.74, 6) is 0.0697. The summed E-state index contributed by atoms with van der Waals surface area (Å²) in [5, 5.41) is 4.06. The minimum absolute atomic E-state index is 0.0787. The van der Waals surface area contributed by atoms with Gasteiger partial charge in [-0.2, -0.15) is 5.10 Å². The molecule has 1 aromatic carbocycles. The summed E-state index contributed by atoms with van der Waals surface area (Å²) in [6.45, 7) is 0.455. The number of hydrogen-bond acceptors (Lipinski definition) is 4. The molecule has 4 rings (SSSR count). The first-order valence-electron chi connectivity index (χ1n) is 9.50. The first kappa shape index (κ1) is 18.9. The minimum atomic E-state index is -0.0787. The monoisotopic (exact) mass is 389 g/mol. The Labute approximate surface area is 169 Å². The Balaban J connectivity index is 1.55. The largest absolute Gasteiger partial charge is 0.337 e. The van der Waals surface area contributed by atoms with Gasteiger partial charge in [-0.05, 0) is 41.3 Å². The predicted octanol–water partition coefficient (Wildman–Crippen LogP) is 2.66. The maximum absolute atomic E-state index is 12.6. The Morgan fingerprint density at radius 3 is 2.69 bits per heavy atom. The first-order valence-corrected chi connectivity index (χ1v) is 9.50. The Morgan fingerprint density at radius 1 is 1.10 bits per heavy atom. The fourth-order valence-electron chi connectivity index (χ4n) is 3.67. The van der Waals surface area contributed by atoms with Crippen LogP contribution in [-0.4, -0.2) is 45.6 Å². The average molecular weight is 389 g/mol. The summed E-state index contributed by atoms with van der Waals surface area (Å²) in [6.07, 6.45) is 8.17. The van der Waals surface area contributed by atoms with Gasteiger partial charge in [-0.3, -0.25) is 19.3 Å². The van der Waals surface area contributed by atoms with Crippen LogP contribution in [0.25, 0.3) is 11.1 Å². The summed E-state index contributed by atoms with van der Waals surface area (Å²) in [4.78, 5) is 32.2. The lowest BCUT2D eigenvalue weighted by Crippen LogP contribution is -2.30. The first-order chi connectivity index (χ1) is 13.9. The van der Waals surface area contributed by atoms with Crippen molar-refractivity contribution in [1.82, 2.24) is 19.7 Å². The van der Waals surface area contributed by atoms with E-state index in [2.05, 4.69) is 22.2 Å². The highest BCUT2D eigenvalue weighted by molar-refractivity contribution is 5.96. The van der Waals surface area contributed by atoms with Crippen molar-refractivity contribution in [2.24, 2.45) is 7.05 Å². The van der Waals surface area contributed by atoms with Gasteiger partial charge in [0, 0.05) is 63.9 Å². The highest BCUT2D eigenvalue weighted by Gasteiger charge is 2.21. The van der Waals surface area contributed by atoms with E-state index >= 15 is 0 Å². The van der Waals surface area contributed by atoms with E-state index in [0.29, 0.717) is 18.5 Å². The normalized spacial score (nSPS) is 13.3. The van der Waals surface area contributed by atoms with Crippen molar-refractivity contribution in [2.45, 2.75) is 19.4 Å². The van der Waals surface area contributed by atoms with Crippen LogP contribution >= 0.6 is 0 Å². The van der Waals surface area contributed by atoms with Crippen molar-refractivity contribution in [3.05, 3.63) is 65.7 Å². The number of benzene rings is 1. The van der Waals surface area contributed by atoms with E-state index in [0.717, 1.165) is 28.8 Å². The number of nitrogens with zero attached hydrogens (tertiary/aromatic N) is 5. The molecule has 7 nitrogen and oxygen atoms in total. The summed E-state index contributed by atoms with van der Waals surface area (Å²) in [7, 11) is 5.38. The number of rotatable bonds is 4. The molecule has 0 radical (unpaired) electrons. The summed E-state index contributed by atoms with van der Waals surface area (Å²) >= 11 is 0. The molecule has 2 aromatic heterocycles. The number of carbonyl (C=O) groups is 2. The highest BCUT2D eigenvalue weighted by Crippen LogP contribution is 2.31. The zero-order valence-electron chi connectivity index (χ0n) is 16.8. The van der Waals surface area contributed by atoms with Crippen molar-refractivity contribution in [1.29, 1.82) is 0 Å². The third-order valence-corrected chi connectivity index (χ3v) is 5.27. The van der Waals surface area contributed by atoms with Crippen LogP contribution in [0, 0.1) is 0 Å². The summed E-state index contributed by atoms with van der Waals surface area (Å²) in [5.41, 5.74) is 5.70. The summed E-state index contributed by atoms with van der Waals surface area (Å²) < 4.78 is 1.62. The van der Waals surface area contributed by atoms with Crippen molar-refractivity contribution >= 4 is 17.5 Å². The predicted molar refractivity (Wildman–Crippen MR) is 110 cm³/mol. The van der Waals surface area contributed by atoms with Crippen LogP contribution in [0.4, 0.5) is 5.69 Å². The van der Waals surface area contributed by atoms with Gasteiger partial charge in [-0.15, -0.1) is 0 Å². The molecule has 148 valence electrons. The molecule has 0 fully saturated rings. The topological polar surface area (TPSA) is 71.3 Å². The molecule has 1 aliphatic heterocycles. The molecule has 0 N–H and O–H groups in total. The minimum Gasteiger partial charge on any atom is -0.337 e. The van der Waals surface area contributed by atoms with Crippen molar-refractivity contribution in [3.8, 4) is 11.1 Å². The Hall–Kier alpha value is -3.48. The quantitative estimate of drug-likeness (QED) is 0.688. The molecule has 29 heavy (non-hydrogen) atoms. The molecule has 0 unspecified atom stereocenters. The highest BCUT2D eigenvalue weighted by atomic mass is 16.2. The Morgan fingerprint density at radius 2 is 1.93 bits per heavy atom. The molecule has 3 aromatic rings. The van der Waals surface area contributed by atoms with Gasteiger partial charge < -0.3 is 9.80 Å². The lowest BCUT2D eigenvalue weighted by atomic mass is 9.96. The second-order valence-corrected chi connectivity index (χ2v) is 7.44. The molecule has 0 spiro atoms. The van der Waals surface area contributed by atoms with Gasteiger partial charge in [0.25, 0.3) is 5.91 Å². The fraction of sp³-hybridized carbons (Fsp3) is 0.273. The van der Waals surface area contributed by atoms with Crippen LogP contribution in [0.15, 0.2) is 49.1 Å². The van der Waals surface area contributed by atoms with E-state index in [4.69, 9.17) is 0 Å². The number of hydrogen-bond donors (Lipinski definition) is 0. The molecule has 0 aliphatic carbocycles. The summed E-state index contributed by atoms with van der Waals surface area (Å²) in [6, 6.07) is 8.19. The van der Waals surface area contributed by atoms with Gasteiger partial charge in [0.15, 0.2) is 0 Å². The fourth-order valence-corrected chi connectivity index (χ4v) is 3.67. The van der Waals surface area contributed by atoms with E-state index in [-0.39, 0.29) is 11.8 Å². The van der Waals surface area contributed by atoms with E-state index in [1.165, 1.54) is 5.56 Å². The third kappa shape index (κ3) is 3.76. The van der Waals surface area contributed by atoms with Gasteiger partial charge in [0.05, 0.1) is 11.8 Å². The molecule has 0 saturated heterocycles. The zero-order valence-corrected chi connectivity index (χ0v) is 16.8. The average Bonchev–Trinajstić information content (AvgIpc) is 3.16. The smallest absolute Gasteiger partial charge is 0.257 e. The van der Waals surface area contributed by atoms with Crippen LogP contribution in [0.3, 0.4) is 0 Å². The molecule has 7 heteroatoms. The van der Waals surface area contributed by atoms with Crippen LogP contribution in [0.2, 0.25) is 0 Å². The maximum Gasteiger partial charge on any atom is 0.257 e. The molecule has 1 aliphatic rings. The van der Waals surface area contributed by atoms with Crippen LogP contribution < -0.4 is 4.90 Å². The molecule has 0 saturated carbocycles. The van der Waals surface area contributed by atoms with E-state index in [9.17, 15) is 9.59 Å². The number of aromatic nitrogens is 3. The second-order valence-electron chi connectivity index (χ2n) is 7.44. The number of pyridine rings is 1. The molecular formula is C22H23N5O2. The number of amides is 2. The van der Waals surface area contributed by atoms with Crippen LogP contribution in [0.5, 0.6) is 0 Å². The zero-order chi connectivity index (χ0) is 20.5. The van der Waals surface area contributed by atoms with Gasteiger partial charge in [0.2, 0.25) is 5.91 Å². The second kappa shape index (κ2) is 7.50. The molecule has 3 heterocycles. The number of anilines is 1. The maximum atomic E-state index is 12.6. The van der Waals surface area contributed by atoms with Gasteiger partial charge in [-0.25, -0.2) is 0 Å². The van der Waals surface area contributed by atoms with E-state index < -0.39 is 0 Å². The van der Waals surface area contributed by atoms with Crippen LogP contribution in [0.1, 0.15) is 27.9 Å². The van der Waals surface area contributed by atoms with Crippen molar-refractivity contribution in [3.63, 3.8) is 0 Å². The van der Waals surface area contributed by atoms with Gasteiger partial charge in [-0.1, -0.05) is 6.07 Å². The van der Waals surface area contributed by atoms with Crippen LogP contribution in [-0.2, 0) is 24.8 Å². The number of aryl methyl sites for hydroxylation is 2. The molecule has 2 amide bonds. The Kier molecular flexibility index (Phi) is 4.88. The lowest BCUT2D eigenvalue weighted by Gasteiger charge is -2.26. The van der Waals surface area contributed by atoms with Gasteiger partial charge >= 0.3 is 0 Å². The lowest BCUT2D eigenvalue weighted by molar-refractivity contribution is -0.118. The number of carbonyl (C=O) groups excluding carboxylic acids is 2. The van der Waals surface area contributed by atoms with Crippen molar-refractivity contribution in [2.75, 3.05) is 19.0 Å². The molecule has 0 atom stereocenters. The number of fused-ring (bicyclic) bond motifs is 1. The Bertz CT molecular complexity index is 1090.